The van der Waals surface area contributed by atoms with Crippen molar-refractivity contribution in [2.45, 2.75) is 0 Å². The minimum atomic E-state index is -1.32. The number of hydrogen-bond donors (Lipinski definition) is 2. The van der Waals surface area contributed by atoms with Crippen LogP contribution in [0.15, 0.2) is 17.9 Å². The van der Waals surface area contributed by atoms with Crippen molar-refractivity contribution in [1.29, 1.82) is 0 Å². The van der Waals surface area contributed by atoms with Gasteiger partial charge in [0.2, 0.25) is 0 Å². The first-order chi connectivity index (χ1) is 7.29. The van der Waals surface area contributed by atoms with Crippen LogP contribution >= 0.6 is 88.5 Å². The summed E-state index contributed by atoms with van der Waals surface area (Å²) in [7, 11) is 0. The van der Waals surface area contributed by atoms with Gasteiger partial charge in [-0.05, 0) is 63.7 Å². The van der Waals surface area contributed by atoms with Crippen LogP contribution in [0.3, 0.4) is 0 Å². The molecule has 18 heavy (non-hydrogen) atoms. The van der Waals surface area contributed by atoms with Gasteiger partial charge in [0.05, 0.1) is 11.1 Å². The van der Waals surface area contributed by atoms with Gasteiger partial charge in [-0.3, -0.25) is 0 Å². The van der Waals surface area contributed by atoms with Crippen molar-refractivity contribution in [3.05, 3.63) is 29.0 Å². The summed E-state index contributed by atoms with van der Waals surface area (Å²) in [5.74, 6) is -2.64. The number of aromatic carboxylic acids is 2. The Morgan fingerprint density at radius 1 is 0.667 bits per heavy atom. The van der Waals surface area contributed by atoms with Gasteiger partial charge in [0.1, 0.15) is 0 Å². The zero-order chi connectivity index (χ0) is 12.6. The third-order valence-corrected chi connectivity index (χ3v) is 6.46. The predicted octanol–water partition coefficient (Wildman–Crippen LogP) is 4.98. The molecule has 0 atom stereocenters. The first-order valence-corrected chi connectivity index (χ1v) is 6.78. The molecule has 4 nitrogen and oxygen atoms in total. The maximum atomic E-state index is 11.0. The monoisotopic (exact) mass is 550 g/mol. The Labute approximate surface area is 148 Å². The minimum Gasteiger partial charge on any atom is -0.478 e. The first-order valence-electron chi connectivity index (χ1n) is 3.61. The van der Waals surface area contributed by atoms with Gasteiger partial charge in [-0.25, -0.2) is 9.59 Å². The van der Waals surface area contributed by atoms with E-state index in [4.69, 9.17) is 10.2 Å². The van der Waals surface area contributed by atoms with Crippen molar-refractivity contribution in [2.75, 3.05) is 0 Å². The molecule has 0 heterocycles. The Balaban J connectivity index is 0. The maximum absolute atomic E-state index is 11.0. The number of benzene rings is 1. The maximum Gasteiger partial charge on any atom is 0.337 e. The van der Waals surface area contributed by atoms with E-state index in [0.29, 0.717) is 8.95 Å². The van der Waals surface area contributed by atoms with Gasteiger partial charge >= 0.3 is 11.9 Å². The van der Waals surface area contributed by atoms with E-state index >= 15 is 0 Å². The summed E-state index contributed by atoms with van der Waals surface area (Å²) in [5, 5.41) is 18.0. The molecule has 1 aromatic carbocycles. The number of carboxylic acids is 2. The van der Waals surface area contributed by atoms with Gasteiger partial charge in [0, 0.05) is 17.9 Å². The molecule has 1 aromatic rings. The normalized spacial score (nSPS) is 9.11. The summed E-state index contributed by atoms with van der Waals surface area (Å²) in [6, 6.07) is 0. The van der Waals surface area contributed by atoms with Crippen molar-refractivity contribution in [3.8, 4) is 0 Å². The van der Waals surface area contributed by atoms with E-state index in [0.717, 1.165) is 0 Å². The summed E-state index contributed by atoms with van der Waals surface area (Å²) in [5.41, 5.74) is -0.621. The minimum absolute atomic E-state index is 0. The van der Waals surface area contributed by atoms with Gasteiger partial charge in [0.15, 0.2) is 0 Å². The van der Waals surface area contributed by atoms with E-state index in [2.05, 4.69) is 63.7 Å². The van der Waals surface area contributed by atoms with Crippen LogP contribution in [0.2, 0.25) is 0 Å². The van der Waals surface area contributed by atoms with Crippen LogP contribution in [0, 0.1) is 0 Å². The Morgan fingerprint density at radius 2 is 0.889 bits per heavy atom. The van der Waals surface area contributed by atoms with Crippen LogP contribution in [-0.2, 0) is 0 Å². The van der Waals surface area contributed by atoms with Crippen molar-refractivity contribution in [1.82, 2.24) is 0 Å². The summed E-state index contributed by atoms with van der Waals surface area (Å²) in [6.45, 7) is 0. The molecule has 0 aliphatic rings. The third kappa shape index (κ3) is 3.83. The smallest absolute Gasteiger partial charge is 0.337 e. The van der Waals surface area contributed by atoms with Crippen LogP contribution < -0.4 is 0 Å². The molecule has 0 aliphatic carbocycles. The highest BCUT2D eigenvalue weighted by Crippen LogP contribution is 2.42. The topological polar surface area (TPSA) is 74.6 Å². The average Bonchev–Trinajstić information content (AvgIpc) is 2.18. The number of hydrogen-bond acceptors (Lipinski definition) is 2. The third-order valence-electron chi connectivity index (χ3n) is 1.69. The fourth-order valence-corrected chi connectivity index (χ4v) is 3.49. The highest BCUT2D eigenvalue weighted by atomic mass is 79.9. The van der Waals surface area contributed by atoms with Crippen LogP contribution in [0.1, 0.15) is 20.7 Å². The van der Waals surface area contributed by atoms with E-state index in [1.54, 1.807) is 0 Å². The summed E-state index contributed by atoms with van der Waals surface area (Å²) < 4.78 is 1.21. The van der Waals surface area contributed by atoms with E-state index in [-0.39, 0.29) is 44.9 Å². The Morgan fingerprint density at radius 3 is 1.06 bits per heavy atom. The van der Waals surface area contributed by atoms with Gasteiger partial charge in [-0.2, -0.15) is 0 Å². The second-order valence-electron chi connectivity index (χ2n) is 2.62. The molecule has 1 rings (SSSR count). The van der Waals surface area contributed by atoms with Crippen molar-refractivity contribution in [2.24, 2.45) is 0 Å². The highest BCUT2D eigenvalue weighted by Gasteiger charge is 2.27. The lowest BCUT2D eigenvalue weighted by atomic mass is 10.1. The van der Waals surface area contributed by atoms with Crippen LogP contribution in [0.25, 0.3) is 0 Å². The van der Waals surface area contributed by atoms with Gasteiger partial charge in [-0.1, -0.05) is 0 Å². The molecule has 0 saturated heterocycles. The number of rotatable bonds is 2. The summed E-state index contributed by atoms with van der Waals surface area (Å²) in [4.78, 5) is 22.0. The van der Waals surface area contributed by atoms with E-state index in [9.17, 15) is 9.59 Å². The van der Waals surface area contributed by atoms with Gasteiger partial charge in [0.25, 0.3) is 0 Å². The zero-order valence-corrected chi connectivity index (χ0v) is 16.0. The lowest BCUT2D eigenvalue weighted by Gasteiger charge is -2.11. The van der Waals surface area contributed by atoms with Gasteiger partial charge in [-0.15, -0.1) is 24.8 Å². The van der Waals surface area contributed by atoms with E-state index in [1.807, 2.05) is 0 Å². The Hall–Kier alpha value is 0.660. The molecule has 0 aliphatic heterocycles. The lowest BCUT2D eigenvalue weighted by Crippen LogP contribution is -2.11. The van der Waals surface area contributed by atoms with Crippen molar-refractivity contribution < 1.29 is 19.8 Å². The predicted molar refractivity (Wildman–Crippen MR) is 85.7 cm³/mol. The largest absolute Gasteiger partial charge is 0.478 e. The molecule has 0 fully saturated rings. The molecular weight excluding hydrogens is 551 g/mol. The van der Waals surface area contributed by atoms with E-state index in [1.165, 1.54) is 0 Å². The molecule has 102 valence electrons. The van der Waals surface area contributed by atoms with E-state index < -0.39 is 11.9 Å². The quantitative estimate of drug-likeness (QED) is 0.400. The highest BCUT2D eigenvalue weighted by molar-refractivity contribution is 9.15. The fraction of sp³-hybridized carbons (Fsp3) is 0. The Bertz CT molecular complexity index is 462. The standard InChI is InChI=1S/C8H2Br4O4.2ClH/c9-3-1(7(13)14)2(8(15)16)4(10)6(12)5(3)11;;/h(H,13,14)(H,15,16);2*1H. The molecule has 0 radical (unpaired) electrons. The molecule has 0 bridgehead atoms. The second-order valence-corrected chi connectivity index (χ2v) is 5.79. The molecule has 2 N–H and O–H groups in total. The molecule has 10 heteroatoms. The molecule has 0 saturated carbocycles. The summed E-state index contributed by atoms with van der Waals surface area (Å²) >= 11 is 12.4. The Kier molecular flexibility index (Phi) is 9.39. The molecular formula is C8H4Br4Cl2O4. The SMILES string of the molecule is Cl.Cl.O=C(O)c1c(Br)c(Br)c(Br)c(Br)c1C(=O)O. The summed E-state index contributed by atoms with van der Waals surface area (Å²) in [6.07, 6.45) is 0. The number of carbonyl (C=O) groups is 2. The molecule has 0 unspecified atom stereocenters. The molecule has 0 amide bonds. The molecule has 0 spiro atoms. The first kappa shape index (κ1) is 21.0. The average molecular weight is 555 g/mol. The van der Waals surface area contributed by atoms with Crippen LogP contribution in [0.5, 0.6) is 0 Å². The van der Waals surface area contributed by atoms with Crippen LogP contribution in [0.4, 0.5) is 0 Å². The molecule has 0 aromatic heterocycles. The zero-order valence-electron chi connectivity index (χ0n) is 8.04. The lowest BCUT2D eigenvalue weighted by molar-refractivity contribution is 0.0649. The number of carboxylic acid groups (broad SMARTS) is 2. The fourth-order valence-electron chi connectivity index (χ4n) is 1.03. The van der Waals surface area contributed by atoms with Gasteiger partial charge < -0.3 is 10.2 Å². The van der Waals surface area contributed by atoms with Crippen molar-refractivity contribution >= 4 is 100 Å². The van der Waals surface area contributed by atoms with Crippen LogP contribution in [-0.4, -0.2) is 22.2 Å². The van der Waals surface area contributed by atoms with Crippen molar-refractivity contribution in [3.63, 3.8) is 0 Å². The second kappa shape index (κ2) is 8.06. The number of halogens is 6.